The first-order valence-corrected chi connectivity index (χ1v) is 9.28. The number of aliphatic hydroxyl groups excluding tert-OH is 1. The van der Waals surface area contributed by atoms with E-state index in [1.54, 1.807) is 6.07 Å². The first-order valence-electron chi connectivity index (χ1n) is 9.28. The second kappa shape index (κ2) is 7.43. The molecule has 0 unspecified atom stereocenters. The Labute approximate surface area is 152 Å². The monoisotopic (exact) mass is 358 g/mol. The molecule has 3 nitrogen and oxygen atoms in total. The predicted molar refractivity (Wildman–Crippen MR) is 97.1 cm³/mol. The van der Waals surface area contributed by atoms with Gasteiger partial charge in [-0.1, -0.05) is 18.2 Å². The zero-order chi connectivity index (χ0) is 18.1. The van der Waals surface area contributed by atoms with Gasteiger partial charge in [0, 0.05) is 44.7 Å². The molecule has 0 bridgehead atoms. The van der Waals surface area contributed by atoms with Crippen LogP contribution in [0.4, 0.5) is 8.78 Å². The number of β-amino-alcohol motifs (C(OH)–C–C–N with tert-alkyl or cyclic N) is 1. The number of fused-ring (bicyclic) bond motifs is 1. The van der Waals surface area contributed by atoms with Crippen LogP contribution in [0, 0.1) is 11.6 Å². The van der Waals surface area contributed by atoms with E-state index in [-0.39, 0.29) is 30.2 Å². The van der Waals surface area contributed by atoms with Crippen LogP contribution in [-0.4, -0.2) is 54.2 Å². The van der Waals surface area contributed by atoms with Gasteiger partial charge in [0.15, 0.2) is 0 Å². The molecular formula is C21H24F2N2O. The van der Waals surface area contributed by atoms with E-state index in [9.17, 15) is 8.78 Å². The zero-order valence-electron chi connectivity index (χ0n) is 14.7. The molecule has 1 N–H and O–H groups in total. The lowest BCUT2D eigenvalue weighted by Crippen LogP contribution is -2.48. The summed E-state index contributed by atoms with van der Waals surface area (Å²) in [6.07, 6.45) is 0.893. The highest BCUT2D eigenvalue weighted by Gasteiger charge is 2.36. The maximum absolute atomic E-state index is 13.9. The van der Waals surface area contributed by atoms with E-state index in [4.69, 9.17) is 5.11 Å². The lowest BCUT2D eigenvalue weighted by molar-refractivity contribution is 0.0826. The molecule has 1 saturated heterocycles. The van der Waals surface area contributed by atoms with Crippen molar-refractivity contribution >= 4 is 0 Å². The Balaban J connectivity index is 1.59. The Morgan fingerprint density at radius 1 is 0.885 bits per heavy atom. The van der Waals surface area contributed by atoms with Gasteiger partial charge in [0.2, 0.25) is 0 Å². The van der Waals surface area contributed by atoms with Gasteiger partial charge in [-0.3, -0.25) is 9.80 Å². The molecule has 2 aromatic rings. The van der Waals surface area contributed by atoms with Crippen LogP contribution < -0.4 is 0 Å². The van der Waals surface area contributed by atoms with Gasteiger partial charge in [0.1, 0.15) is 11.6 Å². The zero-order valence-corrected chi connectivity index (χ0v) is 14.7. The van der Waals surface area contributed by atoms with Crippen LogP contribution in [0.2, 0.25) is 0 Å². The van der Waals surface area contributed by atoms with Crippen molar-refractivity contribution in [2.45, 2.75) is 18.4 Å². The fourth-order valence-corrected chi connectivity index (χ4v) is 4.43. The van der Waals surface area contributed by atoms with Crippen LogP contribution in [0.5, 0.6) is 0 Å². The fourth-order valence-electron chi connectivity index (χ4n) is 4.43. The van der Waals surface area contributed by atoms with Gasteiger partial charge < -0.3 is 5.11 Å². The van der Waals surface area contributed by atoms with Crippen LogP contribution >= 0.6 is 0 Å². The van der Waals surface area contributed by atoms with E-state index in [2.05, 4.69) is 9.80 Å². The molecule has 0 saturated carbocycles. The Morgan fingerprint density at radius 2 is 1.58 bits per heavy atom. The average molecular weight is 358 g/mol. The Hall–Kier alpha value is -1.82. The predicted octanol–water partition coefficient (Wildman–Crippen LogP) is 3.15. The second-order valence-corrected chi connectivity index (χ2v) is 7.23. The summed E-state index contributed by atoms with van der Waals surface area (Å²) in [7, 11) is 0. The normalized spacial score (nSPS) is 24.0. The summed E-state index contributed by atoms with van der Waals surface area (Å²) >= 11 is 0. The largest absolute Gasteiger partial charge is 0.395 e. The molecule has 2 aliphatic rings. The van der Waals surface area contributed by atoms with Crippen molar-refractivity contribution < 1.29 is 13.9 Å². The number of piperazine rings is 1. The molecule has 1 aliphatic heterocycles. The summed E-state index contributed by atoms with van der Waals surface area (Å²) in [6.45, 7) is 4.56. The van der Waals surface area contributed by atoms with E-state index >= 15 is 0 Å². The number of benzene rings is 2. The Bertz CT molecular complexity index is 757. The van der Waals surface area contributed by atoms with E-state index in [1.165, 1.54) is 18.2 Å². The number of nitrogens with zero attached hydrogens (tertiary/aromatic N) is 2. The summed E-state index contributed by atoms with van der Waals surface area (Å²) in [4.78, 5) is 4.69. The number of rotatable bonds is 4. The van der Waals surface area contributed by atoms with E-state index in [0.29, 0.717) is 6.54 Å². The minimum absolute atomic E-state index is 0.173. The Morgan fingerprint density at radius 3 is 2.27 bits per heavy atom. The lowest BCUT2D eigenvalue weighted by Gasteiger charge is -2.38. The first kappa shape index (κ1) is 17.6. The summed E-state index contributed by atoms with van der Waals surface area (Å²) in [5.41, 5.74) is 3.30. The maximum atomic E-state index is 13.9. The van der Waals surface area contributed by atoms with Crippen LogP contribution in [0.1, 0.15) is 35.1 Å². The summed E-state index contributed by atoms with van der Waals surface area (Å²) in [5.74, 6) is -0.262. The highest BCUT2D eigenvalue weighted by Crippen LogP contribution is 2.47. The van der Waals surface area contributed by atoms with Crippen molar-refractivity contribution in [3.63, 3.8) is 0 Å². The van der Waals surface area contributed by atoms with Crippen molar-refractivity contribution in [1.29, 1.82) is 0 Å². The average Bonchev–Trinajstić information content (AvgIpc) is 3.02. The molecule has 0 amide bonds. The Kier molecular flexibility index (Phi) is 5.02. The number of hydrogen-bond donors (Lipinski definition) is 1. The quantitative estimate of drug-likeness (QED) is 0.910. The van der Waals surface area contributed by atoms with Gasteiger partial charge in [-0.15, -0.1) is 0 Å². The van der Waals surface area contributed by atoms with Crippen molar-refractivity contribution in [2.24, 2.45) is 0 Å². The minimum Gasteiger partial charge on any atom is -0.395 e. The van der Waals surface area contributed by atoms with Gasteiger partial charge in [-0.25, -0.2) is 8.78 Å². The SMILES string of the molecule is OCCN1CCN([C@@H]2C[C@@H](c3ccc(F)cc3)c3ccc(F)cc32)CC1. The molecule has 1 aliphatic carbocycles. The minimum atomic E-state index is -0.234. The van der Waals surface area contributed by atoms with Gasteiger partial charge in [0.25, 0.3) is 0 Å². The molecule has 5 heteroatoms. The fraction of sp³-hybridized carbons (Fsp3) is 0.429. The van der Waals surface area contributed by atoms with Gasteiger partial charge >= 0.3 is 0 Å². The lowest BCUT2D eigenvalue weighted by atomic mass is 9.93. The molecule has 1 fully saturated rings. The molecule has 2 aromatic carbocycles. The standard InChI is InChI=1S/C21H24F2N2O/c22-16-3-1-15(2-4-16)19-14-21(20-13-17(23)5-6-18(19)20)25-9-7-24(8-10-25)11-12-26/h1-6,13,19,21,26H,7-12,14H2/t19-,21+/m0/s1. The highest BCUT2D eigenvalue weighted by atomic mass is 19.1. The molecule has 4 rings (SSSR count). The smallest absolute Gasteiger partial charge is 0.123 e. The molecule has 2 atom stereocenters. The highest BCUT2D eigenvalue weighted by molar-refractivity contribution is 5.45. The molecule has 138 valence electrons. The van der Waals surface area contributed by atoms with Gasteiger partial charge in [0.05, 0.1) is 6.61 Å². The number of hydrogen-bond acceptors (Lipinski definition) is 3. The van der Waals surface area contributed by atoms with Crippen LogP contribution in [-0.2, 0) is 0 Å². The van der Waals surface area contributed by atoms with Gasteiger partial charge in [-0.2, -0.15) is 0 Å². The number of aliphatic hydroxyl groups is 1. The summed E-state index contributed by atoms with van der Waals surface area (Å²) in [6, 6.07) is 12.0. The topological polar surface area (TPSA) is 26.7 Å². The van der Waals surface area contributed by atoms with Crippen molar-refractivity contribution in [1.82, 2.24) is 9.80 Å². The molecule has 0 aromatic heterocycles. The second-order valence-electron chi connectivity index (χ2n) is 7.23. The van der Waals surface area contributed by atoms with Crippen molar-refractivity contribution in [2.75, 3.05) is 39.3 Å². The van der Waals surface area contributed by atoms with Gasteiger partial charge in [-0.05, 0) is 47.4 Å². The van der Waals surface area contributed by atoms with Crippen molar-refractivity contribution in [3.05, 3.63) is 70.8 Å². The third-order valence-electron chi connectivity index (χ3n) is 5.78. The maximum Gasteiger partial charge on any atom is 0.123 e. The van der Waals surface area contributed by atoms with Crippen molar-refractivity contribution in [3.8, 4) is 0 Å². The van der Waals surface area contributed by atoms with Crippen LogP contribution in [0.3, 0.4) is 0 Å². The third-order valence-corrected chi connectivity index (χ3v) is 5.78. The van der Waals surface area contributed by atoms with E-state index in [0.717, 1.165) is 49.3 Å². The first-order chi connectivity index (χ1) is 12.7. The third kappa shape index (κ3) is 3.39. The molecule has 0 radical (unpaired) electrons. The molecule has 26 heavy (non-hydrogen) atoms. The number of halogens is 2. The molecule has 0 spiro atoms. The van der Waals surface area contributed by atoms with E-state index in [1.807, 2.05) is 18.2 Å². The summed E-state index contributed by atoms with van der Waals surface area (Å²) < 4.78 is 27.3. The summed E-state index contributed by atoms with van der Waals surface area (Å²) in [5, 5.41) is 9.11. The van der Waals surface area contributed by atoms with Crippen LogP contribution in [0.15, 0.2) is 42.5 Å². The van der Waals surface area contributed by atoms with E-state index < -0.39 is 0 Å². The van der Waals surface area contributed by atoms with Crippen LogP contribution in [0.25, 0.3) is 0 Å². The molecular weight excluding hydrogens is 334 g/mol. The molecule has 1 heterocycles.